The first-order valence-electron chi connectivity index (χ1n) is 9.63. The van der Waals surface area contributed by atoms with E-state index in [4.69, 9.17) is 5.10 Å². The van der Waals surface area contributed by atoms with Crippen LogP contribution in [0.1, 0.15) is 59.3 Å². The van der Waals surface area contributed by atoms with Crippen LogP contribution in [0.3, 0.4) is 0 Å². The summed E-state index contributed by atoms with van der Waals surface area (Å²) in [6.45, 7) is 1.35. The molecule has 0 atom stereocenters. The summed E-state index contributed by atoms with van der Waals surface area (Å²) < 4.78 is 2.13. The second kappa shape index (κ2) is 6.27. The molecular formula is C22H23N3O. The molecular weight excluding hydrogens is 322 g/mol. The van der Waals surface area contributed by atoms with Gasteiger partial charge in [0.25, 0.3) is 5.91 Å². The molecule has 2 fully saturated rings. The van der Waals surface area contributed by atoms with Gasteiger partial charge in [-0.3, -0.25) is 9.48 Å². The Kier molecular flexibility index (Phi) is 3.77. The number of nitrogens with zero attached hydrogens (tertiary/aromatic N) is 2. The summed E-state index contributed by atoms with van der Waals surface area (Å²) in [7, 11) is 0. The van der Waals surface area contributed by atoms with Crippen molar-refractivity contribution in [3.8, 4) is 0 Å². The number of aromatic nitrogens is 2. The van der Waals surface area contributed by atoms with Crippen LogP contribution < -0.4 is 5.32 Å². The van der Waals surface area contributed by atoms with Crippen LogP contribution in [0.4, 0.5) is 0 Å². The van der Waals surface area contributed by atoms with E-state index < -0.39 is 0 Å². The van der Waals surface area contributed by atoms with Crippen molar-refractivity contribution in [3.05, 3.63) is 65.5 Å². The fourth-order valence-electron chi connectivity index (χ4n) is 3.71. The number of benzene rings is 2. The van der Waals surface area contributed by atoms with Gasteiger partial charge in [-0.15, -0.1) is 0 Å². The molecule has 1 N–H and O–H groups in total. The lowest BCUT2D eigenvalue weighted by Crippen LogP contribution is -2.28. The van der Waals surface area contributed by atoms with Crippen molar-refractivity contribution in [1.29, 1.82) is 0 Å². The van der Waals surface area contributed by atoms with Crippen LogP contribution in [0.15, 0.2) is 48.5 Å². The maximum absolute atomic E-state index is 12.7. The lowest BCUT2D eigenvalue weighted by Gasteiger charge is -2.10. The molecule has 0 aliphatic heterocycles. The molecule has 26 heavy (non-hydrogen) atoms. The Morgan fingerprint density at radius 1 is 1.04 bits per heavy atom. The lowest BCUT2D eigenvalue weighted by molar-refractivity contribution is 0.0953. The highest BCUT2D eigenvalue weighted by molar-refractivity contribution is 6.06. The topological polar surface area (TPSA) is 46.9 Å². The Hall–Kier alpha value is -2.62. The second-order valence-corrected chi connectivity index (χ2v) is 7.55. The molecule has 4 heteroatoms. The Labute approximate surface area is 153 Å². The molecule has 1 heterocycles. The monoisotopic (exact) mass is 345 g/mol. The van der Waals surface area contributed by atoms with Crippen LogP contribution in [0.25, 0.3) is 10.8 Å². The van der Waals surface area contributed by atoms with Gasteiger partial charge in [0, 0.05) is 29.6 Å². The van der Waals surface area contributed by atoms with Crippen molar-refractivity contribution < 1.29 is 4.79 Å². The number of carbonyl (C=O) groups excluding carboxylic acids is 1. The van der Waals surface area contributed by atoms with E-state index in [-0.39, 0.29) is 5.91 Å². The molecule has 4 nitrogen and oxygen atoms in total. The number of amides is 1. The molecule has 0 spiro atoms. The van der Waals surface area contributed by atoms with E-state index in [1.807, 2.05) is 42.5 Å². The van der Waals surface area contributed by atoms with Gasteiger partial charge in [-0.25, -0.2) is 0 Å². The van der Waals surface area contributed by atoms with Gasteiger partial charge < -0.3 is 5.32 Å². The molecule has 3 aromatic rings. The largest absolute Gasteiger partial charge is 0.350 e. The van der Waals surface area contributed by atoms with Crippen LogP contribution in [-0.4, -0.2) is 22.2 Å². The Bertz CT molecular complexity index is 961. The van der Waals surface area contributed by atoms with Crippen molar-refractivity contribution in [2.45, 2.75) is 44.1 Å². The van der Waals surface area contributed by atoms with E-state index >= 15 is 0 Å². The van der Waals surface area contributed by atoms with Gasteiger partial charge in [-0.1, -0.05) is 36.4 Å². The first-order valence-corrected chi connectivity index (χ1v) is 9.63. The minimum absolute atomic E-state index is 0.00987. The number of hydrogen-bond acceptors (Lipinski definition) is 2. The van der Waals surface area contributed by atoms with Crippen LogP contribution in [0.5, 0.6) is 0 Å². The molecule has 2 aliphatic carbocycles. The van der Waals surface area contributed by atoms with Crippen molar-refractivity contribution in [3.63, 3.8) is 0 Å². The van der Waals surface area contributed by atoms with Gasteiger partial charge in [0.05, 0.1) is 12.2 Å². The quantitative estimate of drug-likeness (QED) is 0.727. The predicted molar refractivity (Wildman–Crippen MR) is 102 cm³/mol. The SMILES string of the molecule is O=C(NCCn1nc(C2CC2)cc1C1CC1)c1cccc2ccccc12. The average Bonchev–Trinajstić information content (AvgIpc) is 3.60. The molecule has 2 aromatic carbocycles. The zero-order chi connectivity index (χ0) is 17.5. The van der Waals surface area contributed by atoms with E-state index in [9.17, 15) is 4.79 Å². The van der Waals surface area contributed by atoms with Crippen molar-refractivity contribution in [1.82, 2.24) is 15.1 Å². The van der Waals surface area contributed by atoms with Gasteiger partial charge in [0.2, 0.25) is 0 Å². The highest BCUT2D eigenvalue weighted by atomic mass is 16.1. The summed E-state index contributed by atoms with van der Waals surface area (Å²) in [6.07, 6.45) is 5.11. The molecule has 5 rings (SSSR count). The summed E-state index contributed by atoms with van der Waals surface area (Å²) in [5, 5.41) is 9.99. The van der Waals surface area contributed by atoms with E-state index in [0.29, 0.717) is 18.4 Å². The van der Waals surface area contributed by atoms with Crippen molar-refractivity contribution in [2.75, 3.05) is 6.54 Å². The highest BCUT2D eigenvalue weighted by Gasteiger charge is 2.32. The zero-order valence-corrected chi connectivity index (χ0v) is 14.8. The van der Waals surface area contributed by atoms with Gasteiger partial charge >= 0.3 is 0 Å². The molecule has 2 saturated carbocycles. The summed E-state index contributed by atoms with van der Waals surface area (Å²) in [5.74, 6) is 1.35. The van der Waals surface area contributed by atoms with E-state index in [0.717, 1.165) is 22.9 Å². The van der Waals surface area contributed by atoms with Crippen LogP contribution in [0, 0.1) is 0 Å². The van der Waals surface area contributed by atoms with Gasteiger partial charge in [0.1, 0.15) is 0 Å². The third-order valence-corrected chi connectivity index (χ3v) is 5.46. The highest BCUT2D eigenvalue weighted by Crippen LogP contribution is 2.44. The third-order valence-electron chi connectivity index (χ3n) is 5.46. The van der Waals surface area contributed by atoms with Crippen LogP contribution in [0.2, 0.25) is 0 Å². The molecule has 1 aromatic heterocycles. The first kappa shape index (κ1) is 15.6. The maximum atomic E-state index is 12.7. The fraction of sp³-hybridized carbons (Fsp3) is 0.364. The maximum Gasteiger partial charge on any atom is 0.251 e. The summed E-state index contributed by atoms with van der Waals surface area (Å²) in [6, 6.07) is 16.2. The molecule has 0 unspecified atom stereocenters. The minimum atomic E-state index is -0.00987. The number of fused-ring (bicyclic) bond motifs is 1. The van der Waals surface area contributed by atoms with Gasteiger partial charge in [-0.2, -0.15) is 5.10 Å². The lowest BCUT2D eigenvalue weighted by atomic mass is 10.0. The Morgan fingerprint density at radius 3 is 2.62 bits per heavy atom. The molecule has 2 aliphatic rings. The molecule has 0 saturated heterocycles. The fourth-order valence-corrected chi connectivity index (χ4v) is 3.71. The molecule has 0 radical (unpaired) electrons. The first-order chi connectivity index (χ1) is 12.8. The average molecular weight is 345 g/mol. The van der Waals surface area contributed by atoms with Crippen molar-refractivity contribution >= 4 is 16.7 Å². The van der Waals surface area contributed by atoms with Gasteiger partial charge in [0.15, 0.2) is 0 Å². The van der Waals surface area contributed by atoms with Crippen LogP contribution in [-0.2, 0) is 6.54 Å². The number of hydrogen-bond donors (Lipinski definition) is 1. The van der Waals surface area contributed by atoms with Gasteiger partial charge in [-0.05, 0) is 48.6 Å². The minimum Gasteiger partial charge on any atom is -0.350 e. The number of carbonyl (C=O) groups is 1. The van der Waals surface area contributed by atoms with Crippen molar-refractivity contribution in [2.24, 2.45) is 0 Å². The third kappa shape index (κ3) is 3.00. The standard InChI is InChI=1S/C22H23N3O/c26-22(19-7-3-5-15-4-1-2-6-18(15)19)23-12-13-25-21(17-10-11-17)14-20(24-25)16-8-9-16/h1-7,14,16-17H,8-13H2,(H,23,26). The predicted octanol–water partition coefficient (Wildman–Crippen LogP) is 4.22. The Balaban J connectivity index is 1.28. The summed E-state index contributed by atoms with van der Waals surface area (Å²) in [5.41, 5.74) is 3.36. The Morgan fingerprint density at radius 2 is 1.81 bits per heavy atom. The normalized spacial score (nSPS) is 16.8. The number of rotatable bonds is 6. The molecule has 1 amide bonds. The van der Waals surface area contributed by atoms with E-state index in [2.05, 4.69) is 16.1 Å². The van der Waals surface area contributed by atoms with Crippen LogP contribution >= 0.6 is 0 Å². The smallest absolute Gasteiger partial charge is 0.251 e. The molecule has 132 valence electrons. The second-order valence-electron chi connectivity index (χ2n) is 7.55. The zero-order valence-electron chi connectivity index (χ0n) is 14.8. The summed E-state index contributed by atoms with van der Waals surface area (Å²) >= 11 is 0. The van der Waals surface area contributed by atoms with E-state index in [1.54, 1.807) is 0 Å². The summed E-state index contributed by atoms with van der Waals surface area (Å²) in [4.78, 5) is 12.7. The van der Waals surface area contributed by atoms with E-state index in [1.165, 1.54) is 37.1 Å². The molecule has 0 bridgehead atoms. The number of nitrogens with one attached hydrogen (secondary N) is 1.